The number of allylic oxidation sites excluding steroid dienone is 1. The lowest BCUT2D eigenvalue weighted by Gasteiger charge is -2.27. The lowest BCUT2D eigenvalue weighted by Crippen LogP contribution is -2.34. The first-order chi connectivity index (χ1) is 17.2. The van der Waals surface area contributed by atoms with E-state index < -0.39 is 0 Å². The normalized spacial score (nSPS) is 13.0. The largest absolute Gasteiger partial charge is 0.475 e. The number of unbranched alkanes of at least 4 members (excludes halogenated alkanes) is 13. The Balaban J connectivity index is 2.57. The third-order valence-electron chi connectivity index (χ3n) is 6.69. The molecule has 1 rings (SSSR count). The second kappa shape index (κ2) is 22.2. The second-order valence-electron chi connectivity index (χ2n) is 9.92. The first kappa shape index (κ1) is 32.0. The van der Waals surface area contributed by atoms with E-state index >= 15 is 0 Å². The van der Waals surface area contributed by atoms with E-state index in [4.69, 9.17) is 9.47 Å². The molecular weight excluding hydrogens is 454 g/mol. The van der Waals surface area contributed by atoms with Crippen LogP contribution in [-0.2, 0) is 4.74 Å². The minimum atomic E-state index is 0.124. The first-order valence-corrected chi connectivity index (χ1v) is 15.3. The minimum Gasteiger partial charge on any atom is -0.475 e. The molecule has 35 heavy (non-hydrogen) atoms. The molecule has 0 bridgehead atoms. The molecule has 1 heterocycles. The summed E-state index contributed by atoms with van der Waals surface area (Å²) >= 11 is 1.26. The highest BCUT2D eigenvalue weighted by Crippen LogP contribution is 2.27. The summed E-state index contributed by atoms with van der Waals surface area (Å²) in [6.07, 6.45) is 23.9. The quantitative estimate of drug-likeness (QED) is 0.103. The van der Waals surface area contributed by atoms with Gasteiger partial charge in [0.05, 0.1) is 18.3 Å². The number of nitrogens with zero attached hydrogens (tertiary/aromatic N) is 3. The Morgan fingerprint density at radius 3 is 2.06 bits per heavy atom. The smallest absolute Gasteiger partial charge is 0.253 e. The molecule has 0 amide bonds. The van der Waals surface area contributed by atoms with Gasteiger partial charge in [0.2, 0.25) is 0 Å². The molecule has 1 aromatic rings. The zero-order valence-corrected chi connectivity index (χ0v) is 24.5. The van der Waals surface area contributed by atoms with E-state index in [0.717, 1.165) is 38.1 Å². The van der Waals surface area contributed by atoms with Crippen molar-refractivity contribution in [3.05, 3.63) is 11.8 Å². The molecular formula is C29H55N3O2S. The molecule has 204 valence electrons. The molecule has 0 aliphatic rings. The molecule has 0 radical (unpaired) electrons. The highest BCUT2D eigenvalue weighted by atomic mass is 32.1. The van der Waals surface area contributed by atoms with Crippen LogP contribution in [0, 0.1) is 0 Å². The Kier molecular flexibility index (Phi) is 20.4. The SMILES string of the molecule is CCCC/C=C(\CN(C)C(CCCCCCCCCCC)OC)c1nsnc1OCCCCCC. The maximum Gasteiger partial charge on any atom is 0.253 e. The minimum absolute atomic E-state index is 0.124. The van der Waals surface area contributed by atoms with E-state index in [1.807, 2.05) is 7.11 Å². The highest BCUT2D eigenvalue weighted by Gasteiger charge is 2.20. The van der Waals surface area contributed by atoms with Crippen molar-refractivity contribution in [1.82, 2.24) is 13.6 Å². The summed E-state index contributed by atoms with van der Waals surface area (Å²) in [4.78, 5) is 2.33. The molecule has 1 atom stereocenters. The van der Waals surface area contributed by atoms with Crippen LogP contribution in [-0.4, -0.2) is 47.2 Å². The number of likely N-dealkylation sites (N-methyl/N-ethyl adjacent to an activating group) is 1. The van der Waals surface area contributed by atoms with Crippen LogP contribution >= 0.6 is 11.7 Å². The van der Waals surface area contributed by atoms with E-state index in [1.54, 1.807) is 0 Å². The lowest BCUT2D eigenvalue weighted by molar-refractivity contribution is -0.0177. The molecule has 6 heteroatoms. The summed E-state index contributed by atoms with van der Waals surface area (Å²) in [5.41, 5.74) is 2.14. The zero-order chi connectivity index (χ0) is 25.6. The Hall–Kier alpha value is -0.980. The lowest BCUT2D eigenvalue weighted by atomic mass is 10.1. The number of ether oxygens (including phenoxy) is 2. The molecule has 1 unspecified atom stereocenters. The van der Waals surface area contributed by atoms with Crippen LogP contribution in [0.1, 0.15) is 136 Å². The molecule has 0 aliphatic carbocycles. The highest BCUT2D eigenvalue weighted by molar-refractivity contribution is 6.99. The predicted molar refractivity (Wildman–Crippen MR) is 152 cm³/mol. The van der Waals surface area contributed by atoms with Gasteiger partial charge in [0, 0.05) is 13.7 Å². The summed E-state index contributed by atoms with van der Waals surface area (Å²) in [5, 5.41) is 0. The fraction of sp³-hybridized carbons (Fsp3) is 0.862. The maximum absolute atomic E-state index is 6.06. The van der Waals surface area contributed by atoms with Crippen molar-refractivity contribution < 1.29 is 9.47 Å². The Morgan fingerprint density at radius 2 is 1.43 bits per heavy atom. The van der Waals surface area contributed by atoms with Gasteiger partial charge in [0.1, 0.15) is 11.9 Å². The van der Waals surface area contributed by atoms with Crippen molar-refractivity contribution in [3.8, 4) is 5.88 Å². The number of hydrogen-bond donors (Lipinski definition) is 0. The van der Waals surface area contributed by atoms with Crippen molar-refractivity contribution in [2.24, 2.45) is 0 Å². The van der Waals surface area contributed by atoms with Gasteiger partial charge in [-0.05, 0) is 38.3 Å². The van der Waals surface area contributed by atoms with Crippen LogP contribution in [0.4, 0.5) is 0 Å². The van der Waals surface area contributed by atoms with Gasteiger partial charge in [-0.25, -0.2) is 0 Å². The maximum atomic E-state index is 6.06. The van der Waals surface area contributed by atoms with Crippen molar-refractivity contribution >= 4 is 17.3 Å². The summed E-state index contributed by atoms with van der Waals surface area (Å²) in [6.45, 7) is 8.27. The van der Waals surface area contributed by atoms with Crippen LogP contribution in [0.2, 0.25) is 0 Å². The molecule has 0 saturated carbocycles. The number of aromatic nitrogens is 2. The Labute approximate surface area is 221 Å². The molecule has 0 aliphatic heterocycles. The van der Waals surface area contributed by atoms with Gasteiger partial charge in [-0.1, -0.05) is 110 Å². The topological polar surface area (TPSA) is 47.5 Å². The van der Waals surface area contributed by atoms with Crippen LogP contribution in [0.5, 0.6) is 5.88 Å². The summed E-state index contributed by atoms with van der Waals surface area (Å²) in [7, 11) is 4.01. The first-order valence-electron chi connectivity index (χ1n) is 14.6. The average Bonchev–Trinajstić information content (AvgIpc) is 3.33. The summed E-state index contributed by atoms with van der Waals surface area (Å²) < 4.78 is 21.1. The fourth-order valence-corrected chi connectivity index (χ4v) is 4.93. The van der Waals surface area contributed by atoms with Gasteiger partial charge < -0.3 is 9.47 Å². The molecule has 0 aromatic carbocycles. The van der Waals surface area contributed by atoms with Gasteiger partial charge >= 0.3 is 0 Å². The van der Waals surface area contributed by atoms with Gasteiger partial charge in [-0.15, -0.1) is 4.37 Å². The Bertz CT molecular complexity index is 635. The zero-order valence-electron chi connectivity index (χ0n) is 23.7. The van der Waals surface area contributed by atoms with Gasteiger partial charge in [0.15, 0.2) is 0 Å². The van der Waals surface area contributed by atoms with Crippen molar-refractivity contribution in [1.29, 1.82) is 0 Å². The number of hydrogen-bond acceptors (Lipinski definition) is 6. The predicted octanol–water partition coefficient (Wildman–Crippen LogP) is 8.90. The van der Waals surface area contributed by atoms with E-state index in [1.165, 1.54) is 107 Å². The van der Waals surface area contributed by atoms with E-state index in [-0.39, 0.29) is 6.23 Å². The average molecular weight is 510 g/mol. The molecule has 0 spiro atoms. The van der Waals surface area contributed by atoms with Crippen LogP contribution in [0.15, 0.2) is 6.08 Å². The monoisotopic (exact) mass is 509 g/mol. The fourth-order valence-electron chi connectivity index (χ4n) is 4.40. The number of rotatable bonds is 24. The molecule has 0 saturated heterocycles. The van der Waals surface area contributed by atoms with Crippen LogP contribution in [0.25, 0.3) is 5.57 Å². The van der Waals surface area contributed by atoms with Crippen LogP contribution in [0.3, 0.4) is 0 Å². The second-order valence-corrected chi connectivity index (χ2v) is 10.4. The van der Waals surface area contributed by atoms with Crippen molar-refractivity contribution in [2.45, 2.75) is 136 Å². The molecule has 0 fully saturated rings. The van der Waals surface area contributed by atoms with E-state index in [9.17, 15) is 0 Å². The molecule has 0 N–H and O–H groups in total. The third-order valence-corrected chi connectivity index (χ3v) is 7.20. The Morgan fingerprint density at radius 1 is 0.829 bits per heavy atom. The van der Waals surface area contributed by atoms with Gasteiger partial charge in [-0.2, -0.15) is 4.37 Å². The summed E-state index contributed by atoms with van der Waals surface area (Å²) in [5.74, 6) is 0.704. The van der Waals surface area contributed by atoms with Crippen LogP contribution < -0.4 is 4.74 Å². The summed E-state index contributed by atoms with van der Waals surface area (Å²) in [6, 6.07) is 0. The number of methoxy groups -OCH3 is 1. The molecule has 1 aromatic heterocycles. The van der Waals surface area contributed by atoms with Crippen molar-refractivity contribution in [2.75, 3.05) is 27.3 Å². The standard InChI is InChI=1S/C29H55N3O2S/c1-6-9-12-14-15-16-17-18-20-23-27(33-5)32(4)25-26(22-19-11-8-3)28-29(31-35-30-28)34-24-21-13-10-7-2/h22,27H,6-21,23-25H2,1-5H3/b26-22+. The van der Waals surface area contributed by atoms with E-state index in [2.05, 4.69) is 47.5 Å². The van der Waals surface area contributed by atoms with Crippen molar-refractivity contribution in [3.63, 3.8) is 0 Å². The molecule has 5 nitrogen and oxygen atoms in total. The van der Waals surface area contributed by atoms with Gasteiger partial charge in [-0.3, -0.25) is 4.90 Å². The third kappa shape index (κ3) is 15.0. The van der Waals surface area contributed by atoms with Gasteiger partial charge in [0.25, 0.3) is 5.88 Å². The van der Waals surface area contributed by atoms with E-state index in [0.29, 0.717) is 5.88 Å².